The third-order valence-corrected chi connectivity index (χ3v) is 5.90. The number of amides is 1. The van der Waals surface area contributed by atoms with Gasteiger partial charge in [0.1, 0.15) is 0 Å². The van der Waals surface area contributed by atoms with Crippen LogP contribution in [0.15, 0.2) is 52.3 Å². The Balaban J connectivity index is 1.64. The zero-order valence-electron chi connectivity index (χ0n) is 16.0. The minimum atomic E-state index is -0.430. The first-order valence-corrected chi connectivity index (χ1v) is 10.4. The van der Waals surface area contributed by atoms with Gasteiger partial charge < -0.3 is 10.2 Å². The van der Waals surface area contributed by atoms with E-state index >= 15 is 0 Å². The van der Waals surface area contributed by atoms with Crippen LogP contribution in [0.2, 0.25) is 0 Å². The first-order valence-electron chi connectivity index (χ1n) is 9.56. The summed E-state index contributed by atoms with van der Waals surface area (Å²) < 4.78 is 0. The lowest BCUT2D eigenvalue weighted by molar-refractivity contribution is -0.387. The lowest BCUT2D eigenvalue weighted by Gasteiger charge is -2.26. The molecule has 0 saturated carbocycles. The van der Waals surface area contributed by atoms with Crippen molar-refractivity contribution in [2.75, 3.05) is 26.2 Å². The maximum Gasteiger partial charge on any atom is 0.284 e. The number of aryl methyl sites for hydroxylation is 1. The van der Waals surface area contributed by atoms with E-state index in [1.165, 1.54) is 37.1 Å². The second-order valence-corrected chi connectivity index (χ2v) is 8.13. The molecule has 0 aromatic heterocycles. The van der Waals surface area contributed by atoms with Crippen LogP contribution in [0, 0.1) is 17.0 Å². The number of likely N-dealkylation sites (tertiary alicyclic amines) is 1. The molecule has 148 valence electrons. The number of hydrogen-bond donors (Lipinski definition) is 1. The van der Waals surface area contributed by atoms with Gasteiger partial charge in [-0.05, 0) is 57.1 Å². The van der Waals surface area contributed by atoms with Gasteiger partial charge in [0.25, 0.3) is 11.6 Å². The maximum absolute atomic E-state index is 12.4. The van der Waals surface area contributed by atoms with Crippen LogP contribution < -0.4 is 5.32 Å². The predicted octanol–water partition coefficient (Wildman–Crippen LogP) is 4.27. The zero-order valence-corrected chi connectivity index (χ0v) is 16.8. The third kappa shape index (κ3) is 5.56. The molecule has 0 aliphatic carbocycles. The smallest absolute Gasteiger partial charge is 0.284 e. The molecule has 1 aliphatic rings. The first-order chi connectivity index (χ1) is 13.5. The number of carbonyl (C=O) groups is 1. The molecule has 1 heterocycles. The fraction of sp³-hybridized carbons (Fsp3) is 0.381. The van der Waals surface area contributed by atoms with Crippen molar-refractivity contribution < 1.29 is 9.72 Å². The third-order valence-electron chi connectivity index (χ3n) is 4.83. The van der Waals surface area contributed by atoms with Gasteiger partial charge in [0.2, 0.25) is 0 Å². The van der Waals surface area contributed by atoms with E-state index in [4.69, 9.17) is 0 Å². The van der Waals surface area contributed by atoms with Gasteiger partial charge >= 0.3 is 0 Å². The van der Waals surface area contributed by atoms with Crippen LogP contribution in [0.1, 0.15) is 35.2 Å². The second kappa shape index (κ2) is 9.71. The average molecular weight is 400 g/mol. The van der Waals surface area contributed by atoms with Crippen LogP contribution in [0.3, 0.4) is 0 Å². The Bertz CT molecular complexity index is 833. The number of nitrogens with zero attached hydrogens (tertiary/aromatic N) is 2. The van der Waals surface area contributed by atoms with E-state index in [1.807, 2.05) is 31.2 Å². The Kier molecular flexibility index (Phi) is 7.06. The van der Waals surface area contributed by atoms with Crippen LogP contribution in [-0.4, -0.2) is 41.9 Å². The Morgan fingerprint density at radius 1 is 1.14 bits per heavy atom. The monoisotopic (exact) mass is 399 g/mol. The molecule has 0 bridgehead atoms. The van der Waals surface area contributed by atoms with E-state index in [0.29, 0.717) is 17.0 Å². The molecule has 1 amide bonds. The molecule has 1 aliphatic heterocycles. The number of rotatable bonds is 7. The highest BCUT2D eigenvalue weighted by atomic mass is 32.2. The van der Waals surface area contributed by atoms with Gasteiger partial charge in [-0.25, -0.2) is 0 Å². The predicted molar refractivity (Wildman–Crippen MR) is 111 cm³/mol. The summed E-state index contributed by atoms with van der Waals surface area (Å²) in [6.07, 6.45) is 3.69. The molecular weight excluding hydrogens is 374 g/mol. The van der Waals surface area contributed by atoms with Crippen molar-refractivity contribution in [3.05, 3.63) is 63.7 Å². The Morgan fingerprint density at radius 3 is 2.54 bits per heavy atom. The molecule has 2 aromatic rings. The maximum atomic E-state index is 12.4. The number of nitro groups is 1. The molecule has 28 heavy (non-hydrogen) atoms. The fourth-order valence-electron chi connectivity index (χ4n) is 3.23. The summed E-state index contributed by atoms with van der Waals surface area (Å²) in [7, 11) is 0. The SMILES string of the molecule is Cc1ccc(Sc2ccc(C(=O)NCCN3CCCCC3)cc2[N+](=O)[O-])cc1. The summed E-state index contributed by atoms with van der Waals surface area (Å²) in [5.41, 5.74) is 1.41. The zero-order chi connectivity index (χ0) is 19.9. The molecule has 0 unspecified atom stereocenters. The van der Waals surface area contributed by atoms with E-state index in [9.17, 15) is 14.9 Å². The van der Waals surface area contributed by atoms with Crippen molar-refractivity contribution in [2.24, 2.45) is 0 Å². The van der Waals surface area contributed by atoms with Crippen LogP contribution in [0.4, 0.5) is 5.69 Å². The van der Waals surface area contributed by atoms with Gasteiger partial charge in [-0.15, -0.1) is 0 Å². The van der Waals surface area contributed by atoms with Gasteiger partial charge in [-0.3, -0.25) is 14.9 Å². The summed E-state index contributed by atoms with van der Waals surface area (Å²) in [6, 6.07) is 12.5. The number of nitrogens with one attached hydrogen (secondary N) is 1. The average Bonchev–Trinajstić information content (AvgIpc) is 2.70. The summed E-state index contributed by atoms with van der Waals surface area (Å²) in [4.78, 5) is 27.3. The van der Waals surface area contributed by atoms with Crippen LogP contribution >= 0.6 is 11.8 Å². The molecule has 3 rings (SSSR count). The minimum Gasteiger partial charge on any atom is -0.351 e. The quantitative estimate of drug-likeness (QED) is 0.556. The van der Waals surface area contributed by atoms with Gasteiger partial charge in [0, 0.05) is 29.6 Å². The van der Waals surface area contributed by atoms with Gasteiger partial charge in [-0.1, -0.05) is 35.9 Å². The highest BCUT2D eigenvalue weighted by molar-refractivity contribution is 7.99. The van der Waals surface area contributed by atoms with Crippen molar-refractivity contribution in [1.29, 1.82) is 0 Å². The van der Waals surface area contributed by atoms with Crippen molar-refractivity contribution >= 4 is 23.4 Å². The molecule has 1 fully saturated rings. The van der Waals surface area contributed by atoms with Crippen molar-refractivity contribution in [1.82, 2.24) is 10.2 Å². The molecule has 7 heteroatoms. The van der Waals surface area contributed by atoms with Crippen LogP contribution in [0.5, 0.6) is 0 Å². The Labute approximate surface area is 169 Å². The highest BCUT2D eigenvalue weighted by Gasteiger charge is 2.19. The largest absolute Gasteiger partial charge is 0.351 e. The standard InChI is InChI=1S/C21H25N3O3S/c1-16-5-8-18(9-6-16)28-20-10-7-17(15-19(20)24(26)27)21(25)22-11-14-23-12-3-2-4-13-23/h5-10,15H,2-4,11-14H2,1H3,(H,22,25). The summed E-state index contributed by atoms with van der Waals surface area (Å²) in [5.74, 6) is -0.271. The molecule has 0 spiro atoms. The molecule has 2 aromatic carbocycles. The summed E-state index contributed by atoms with van der Waals surface area (Å²) in [5, 5.41) is 14.4. The van der Waals surface area contributed by atoms with Crippen molar-refractivity contribution in [3.63, 3.8) is 0 Å². The summed E-state index contributed by atoms with van der Waals surface area (Å²) >= 11 is 1.33. The molecule has 0 atom stereocenters. The molecule has 6 nitrogen and oxygen atoms in total. The normalized spacial score (nSPS) is 14.6. The molecule has 0 radical (unpaired) electrons. The van der Waals surface area contributed by atoms with Gasteiger partial charge in [-0.2, -0.15) is 0 Å². The molecule has 1 N–H and O–H groups in total. The van der Waals surface area contributed by atoms with E-state index in [-0.39, 0.29) is 11.6 Å². The van der Waals surface area contributed by atoms with E-state index in [1.54, 1.807) is 12.1 Å². The second-order valence-electron chi connectivity index (χ2n) is 7.01. The number of piperidine rings is 1. The Morgan fingerprint density at radius 2 is 1.86 bits per heavy atom. The molecular formula is C21H25N3O3S. The number of nitro benzene ring substituents is 1. The number of benzene rings is 2. The van der Waals surface area contributed by atoms with E-state index in [0.717, 1.165) is 30.1 Å². The van der Waals surface area contributed by atoms with Gasteiger partial charge in [0.05, 0.1) is 9.82 Å². The molecule has 1 saturated heterocycles. The lowest BCUT2D eigenvalue weighted by atomic mass is 10.1. The first kappa shape index (κ1) is 20.4. The van der Waals surface area contributed by atoms with Crippen molar-refractivity contribution in [3.8, 4) is 0 Å². The lowest BCUT2D eigenvalue weighted by Crippen LogP contribution is -2.37. The minimum absolute atomic E-state index is 0.0470. The number of hydrogen-bond acceptors (Lipinski definition) is 5. The highest BCUT2D eigenvalue weighted by Crippen LogP contribution is 2.35. The fourth-order valence-corrected chi connectivity index (χ4v) is 4.13. The number of carbonyl (C=O) groups excluding carboxylic acids is 1. The topological polar surface area (TPSA) is 75.5 Å². The van der Waals surface area contributed by atoms with E-state index < -0.39 is 4.92 Å². The van der Waals surface area contributed by atoms with Crippen LogP contribution in [-0.2, 0) is 0 Å². The van der Waals surface area contributed by atoms with Crippen molar-refractivity contribution in [2.45, 2.75) is 36.0 Å². The summed E-state index contributed by atoms with van der Waals surface area (Å²) in [6.45, 7) is 5.51. The Hall–Kier alpha value is -2.38. The van der Waals surface area contributed by atoms with E-state index in [2.05, 4.69) is 10.2 Å². The van der Waals surface area contributed by atoms with Crippen LogP contribution in [0.25, 0.3) is 0 Å². The van der Waals surface area contributed by atoms with Gasteiger partial charge in [0.15, 0.2) is 0 Å².